The zero-order valence-electron chi connectivity index (χ0n) is 27.2. The third-order valence-electron chi connectivity index (χ3n) is 9.04. The van der Waals surface area contributed by atoms with Gasteiger partial charge in [0.1, 0.15) is 22.9 Å². The minimum absolute atomic E-state index is 0.0512. The molecule has 7 rings (SSSR count). The van der Waals surface area contributed by atoms with E-state index in [1.165, 1.54) is 0 Å². The molecule has 250 valence electrons. The standard InChI is InChI=1S/C36H35FN8O4/c1-48-30-7-12-38-21-28(30)26-19-25(24-5-4-14-44(22-24)32(46)10-17-45-18-13-40-42-45)33(37)35-27(26)20-29(41-35)36(47)43-15-8-23(9-16-43)34-31(49-2)6-3-11-39-34/h3,5-8,11-13,18-21,41H,4,9-10,14-17,22H2,1-2H3. The molecule has 1 aromatic carbocycles. The average Bonchev–Trinajstić information content (AvgIpc) is 3.85. The summed E-state index contributed by atoms with van der Waals surface area (Å²) in [5, 5.41) is 8.25. The topological polar surface area (TPSA) is 131 Å². The lowest BCUT2D eigenvalue weighted by molar-refractivity contribution is -0.131. The highest BCUT2D eigenvalue weighted by Gasteiger charge is 2.27. The number of H-pyrrole nitrogens is 1. The molecule has 12 nitrogen and oxygen atoms in total. The summed E-state index contributed by atoms with van der Waals surface area (Å²) < 4.78 is 29.4. The predicted molar refractivity (Wildman–Crippen MR) is 181 cm³/mol. The van der Waals surface area contributed by atoms with Crippen LogP contribution in [0.1, 0.15) is 41.0 Å². The Bertz CT molecular complexity index is 2090. The number of pyridine rings is 2. The molecule has 0 saturated carbocycles. The Balaban J connectivity index is 1.21. The molecule has 2 aliphatic heterocycles. The summed E-state index contributed by atoms with van der Waals surface area (Å²) in [5.74, 6) is 0.451. The number of amides is 2. The van der Waals surface area contributed by atoms with Gasteiger partial charge in [-0.2, -0.15) is 0 Å². The number of aryl methyl sites for hydroxylation is 1. The lowest BCUT2D eigenvalue weighted by Crippen LogP contribution is -2.36. The van der Waals surface area contributed by atoms with Gasteiger partial charge in [0.05, 0.1) is 32.5 Å². The quantitative estimate of drug-likeness (QED) is 0.233. The van der Waals surface area contributed by atoms with Gasteiger partial charge in [0.25, 0.3) is 5.91 Å². The monoisotopic (exact) mass is 662 g/mol. The fraction of sp³-hybridized carbons (Fsp3) is 0.278. The number of hydrogen-bond donors (Lipinski definition) is 1. The van der Waals surface area contributed by atoms with Crippen LogP contribution in [0, 0.1) is 5.82 Å². The Morgan fingerprint density at radius 2 is 1.84 bits per heavy atom. The number of nitrogens with zero attached hydrogens (tertiary/aromatic N) is 7. The van der Waals surface area contributed by atoms with Crippen molar-refractivity contribution in [3.05, 3.63) is 96.2 Å². The van der Waals surface area contributed by atoms with E-state index in [9.17, 15) is 9.59 Å². The molecule has 0 saturated heterocycles. The molecule has 0 radical (unpaired) electrons. The fourth-order valence-corrected chi connectivity index (χ4v) is 6.50. The van der Waals surface area contributed by atoms with Gasteiger partial charge in [-0.1, -0.05) is 17.4 Å². The molecule has 13 heteroatoms. The molecule has 0 spiro atoms. The Labute approximate surface area is 281 Å². The second kappa shape index (κ2) is 13.7. The number of carbonyl (C=O) groups excluding carboxylic acids is 2. The summed E-state index contributed by atoms with van der Waals surface area (Å²) in [4.78, 5) is 42.4. The van der Waals surface area contributed by atoms with Crippen molar-refractivity contribution >= 4 is 33.9 Å². The molecular formula is C36H35FN8O4. The Kier molecular flexibility index (Phi) is 8.88. The molecule has 49 heavy (non-hydrogen) atoms. The van der Waals surface area contributed by atoms with Gasteiger partial charge in [0, 0.05) is 73.9 Å². The maximum Gasteiger partial charge on any atom is 0.270 e. The van der Waals surface area contributed by atoms with Crippen LogP contribution in [0.3, 0.4) is 0 Å². The van der Waals surface area contributed by atoms with Gasteiger partial charge in [-0.25, -0.2) is 4.39 Å². The van der Waals surface area contributed by atoms with Crippen LogP contribution in [0.5, 0.6) is 11.5 Å². The highest BCUT2D eigenvalue weighted by Crippen LogP contribution is 2.40. The number of halogens is 1. The van der Waals surface area contributed by atoms with Crippen molar-refractivity contribution < 1.29 is 23.5 Å². The molecule has 0 aliphatic carbocycles. The third-order valence-corrected chi connectivity index (χ3v) is 9.04. The molecule has 0 unspecified atom stereocenters. The minimum atomic E-state index is -0.494. The number of aromatic nitrogens is 6. The molecule has 6 heterocycles. The molecule has 1 N–H and O–H groups in total. The second-order valence-electron chi connectivity index (χ2n) is 11.9. The second-order valence-corrected chi connectivity index (χ2v) is 11.9. The van der Waals surface area contributed by atoms with Crippen molar-refractivity contribution in [3.8, 4) is 22.6 Å². The van der Waals surface area contributed by atoms with Crippen LogP contribution < -0.4 is 9.47 Å². The van der Waals surface area contributed by atoms with Crippen LogP contribution in [-0.2, 0) is 11.3 Å². The van der Waals surface area contributed by atoms with E-state index in [-0.39, 0.29) is 36.0 Å². The van der Waals surface area contributed by atoms with E-state index in [1.807, 2.05) is 24.3 Å². The zero-order valence-corrected chi connectivity index (χ0v) is 27.2. The van der Waals surface area contributed by atoms with Gasteiger partial charge in [-0.05, 0) is 59.9 Å². The van der Waals surface area contributed by atoms with Crippen LogP contribution >= 0.6 is 0 Å². The summed E-state index contributed by atoms with van der Waals surface area (Å²) >= 11 is 0. The van der Waals surface area contributed by atoms with Crippen molar-refractivity contribution in [2.24, 2.45) is 0 Å². The van der Waals surface area contributed by atoms with Gasteiger partial charge in [0.15, 0.2) is 5.82 Å². The minimum Gasteiger partial charge on any atom is -0.496 e. The van der Waals surface area contributed by atoms with Gasteiger partial charge in [0.2, 0.25) is 5.91 Å². The van der Waals surface area contributed by atoms with E-state index in [0.29, 0.717) is 78.2 Å². The van der Waals surface area contributed by atoms with Crippen LogP contribution in [0.4, 0.5) is 4.39 Å². The van der Waals surface area contributed by atoms with Gasteiger partial charge >= 0.3 is 0 Å². The summed E-state index contributed by atoms with van der Waals surface area (Å²) in [6.07, 6.45) is 13.7. The van der Waals surface area contributed by atoms with Gasteiger partial charge in [-0.3, -0.25) is 24.2 Å². The average molecular weight is 663 g/mol. The molecule has 2 amide bonds. The van der Waals surface area contributed by atoms with Crippen LogP contribution in [-0.4, -0.2) is 92.0 Å². The largest absolute Gasteiger partial charge is 0.496 e. The van der Waals surface area contributed by atoms with Crippen molar-refractivity contribution in [1.82, 2.24) is 39.7 Å². The lowest BCUT2D eigenvalue weighted by atomic mass is 9.93. The maximum atomic E-state index is 16.6. The predicted octanol–water partition coefficient (Wildman–Crippen LogP) is 5.01. The van der Waals surface area contributed by atoms with E-state index in [1.54, 1.807) is 77.9 Å². The number of rotatable bonds is 9. The number of hydrogen-bond acceptors (Lipinski definition) is 8. The summed E-state index contributed by atoms with van der Waals surface area (Å²) in [7, 11) is 3.18. The zero-order chi connectivity index (χ0) is 33.9. The van der Waals surface area contributed by atoms with E-state index in [4.69, 9.17) is 9.47 Å². The number of fused-ring (bicyclic) bond motifs is 1. The van der Waals surface area contributed by atoms with Crippen LogP contribution in [0.25, 0.3) is 33.2 Å². The summed E-state index contributed by atoms with van der Waals surface area (Å²) in [6.45, 7) is 2.02. The van der Waals surface area contributed by atoms with E-state index in [0.717, 1.165) is 11.3 Å². The highest BCUT2D eigenvalue weighted by atomic mass is 19.1. The number of methoxy groups -OCH3 is 2. The summed E-state index contributed by atoms with van der Waals surface area (Å²) in [5.41, 5.74) is 4.58. The lowest BCUT2D eigenvalue weighted by Gasteiger charge is -2.28. The molecule has 0 bridgehead atoms. The van der Waals surface area contributed by atoms with Crippen molar-refractivity contribution in [2.45, 2.75) is 25.8 Å². The number of carbonyl (C=O) groups is 2. The first-order valence-electron chi connectivity index (χ1n) is 16.1. The Hall–Kier alpha value is -5.85. The molecule has 4 aromatic heterocycles. The molecule has 0 fully saturated rings. The van der Waals surface area contributed by atoms with Crippen molar-refractivity contribution in [2.75, 3.05) is 40.4 Å². The first-order valence-corrected chi connectivity index (χ1v) is 16.1. The van der Waals surface area contributed by atoms with Gasteiger partial charge in [-0.15, -0.1) is 5.10 Å². The smallest absolute Gasteiger partial charge is 0.270 e. The maximum absolute atomic E-state index is 16.6. The number of benzene rings is 1. The first-order chi connectivity index (χ1) is 23.9. The van der Waals surface area contributed by atoms with Crippen molar-refractivity contribution in [1.29, 1.82) is 0 Å². The van der Waals surface area contributed by atoms with Crippen molar-refractivity contribution in [3.63, 3.8) is 0 Å². The highest BCUT2D eigenvalue weighted by molar-refractivity contribution is 6.05. The number of ether oxygens (including phenoxy) is 2. The van der Waals surface area contributed by atoms with E-state index >= 15 is 4.39 Å². The third kappa shape index (κ3) is 6.26. The van der Waals surface area contributed by atoms with Crippen LogP contribution in [0.15, 0.2) is 73.5 Å². The molecule has 2 aliphatic rings. The first kappa shape index (κ1) is 31.7. The Morgan fingerprint density at radius 1 is 0.959 bits per heavy atom. The summed E-state index contributed by atoms with van der Waals surface area (Å²) in [6, 6.07) is 8.89. The SMILES string of the molecule is COc1ccncc1-c1cc(C2=CCCN(C(=O)CCn3ccnn3)C2)c(F)c2[nH]c(C(=O)N3CC=C(c4ncccc4OC)CC3)cc12. The Morgan fingerprint density at radius 3 is 2.61 bits per heavy atom. The van der Waals surface area contributed by atoms with Crippen LogP contribution in [0.2, 0.25) is 0 Å². The normalized spacial score (nSPS) is 14.8. The van der Waals surface area contributed by atoms with E-state index < -0.39 is 5.82 Å². The molecular weight excluding hydrogens is 627 g/mol. The fourth-order valence-electron chi connectivity index (χ4n) is 6.50. The molecule has 0 atom stereocenters. The number of nitrogens with one attached hydrogen (secondary N) is 1. The molecule has 5 aromatic rings. The van der Waals surface area contributed by atoms with E-state index in [2.05, 4.69) is 25.3 Å². The van der Waals surface area contributed by atoms with Gasteiger partial charge < -0.3 is 24.3 Å². The number of aromatic amines is 1.